The molecule has 0 saturated carbocycles. The first-order valence-corrected chi connectivity index (χ1v) is 12.6. The Morgan fingerprint density at radius 1 is 1.00 bits per heavy atom. The van der Waals surface area contributed by atoms with Crippen LogP contribution in [0.5, 0.6) is 11.5 Å². The Morgan fingerprint density at radius 2 is 1.71 bits per heavy atom. The number of methoxy groups -OCH3 is 1. The summed E-state index contributed by atoms with van der Waals surface area (Å²) in [5.74, 6) is -0.971. The molecule has 180 valence electrons. The van der Waals surface area contributed by atoms with Crippen LogP contribution in [0.2, 0.25) is 0 Å². The van der Waals surface area contributed by atoms with Crippen LogP contribution in [0.1, 0.15) is 16.7 Å². The summed E-state index contributed by atoms with van der Waals surface area (Å²) >= 11 is 0.828. The molecule has 1 fully saturated rings. The number of benzene rings is 3. The second kappa shape index (κ2) is 9.93. The average molecular weight is 514 g/mol. The number of hydrogen-bond donors (Lipinski definition) is 0. The van der Waals surface area contributed by atoms with E-state index in [0.29, 0.717) is 5.56 Å². The van der Waals surface area contributed by atoms with Gasteiger partial charge in [0, 0.05) is 0 Å². The summed E-state index contributed by atoms with van der Waals surface area (Å²) in [6.45, 7) is 2.09. The molecule has 0 unspecified atom stereocenters. The summed E-state index contributed by atoms with van der Waals surface area (Å²) in [6.07, 6.45) is 1.53. The number of carbonyl (C=O) groups is 2. The number of amides is 2. The van der Waals surface area contributed by atoms with Crippen molar-refractivity contribution in [3.05, 3.63) is 94.1 Å². The first-order chi connectivity index (χ1) is 16.7. The molecular weight excluding hydrogens is 493 g/mol. The van der Waals surface area contributed by atoms with E-state index in [4.69, 9.17) is 8.92 Å². The molecule has 35 heavy (non-hydrogen) atoms. The van der Waals surface area contributed by atoms with Gasteiger partial charge in [-0.25, -0.2) is 4.39 Å². The summed E-state index contributed by atoms with van der Waals surface area (Å²) in [5.41, 5.74) is 2.36. The van der Waals surface area contributed by atoms with Gasteiger partial charge < -0.3 is 8.92 Å². The van der Waals surface area contributed by atoms with Crippen molar-refractivity contribution in [2.75, 3.05) is 7.11 Å². The second-order valence-electron chi connectivity index (χ2n) is 7.60. The second-order valence-corrected chi connectivity index (χ2v) is 10.1. The molecule has 0 aromatic heterocycles. The molecule has 3 aromatic rings. The van der Waals surface area contributed by atoms with E-state index in [1.54, 1.807) is 0 Å². The number of carbonyl (C=O) groups excluding carboxylic acids is 2. The van der Waals surface area contributed by atoms with Crippen molar-refractivity contribution in [2.45, 2.75) is 18.4 Å². The van der Waals surface area contributed by atoms with Gasteiger partial charge in [0.05, 0.1) is 18.6 Å². The number of hydrogen-bond acceptors (Lipinski definition) is 7. The third-order valence-corrected chi connectivity index (χ3v) is 7.41. The standard InChI is InChI=1S/C25H20FNO6S2/c1-16-5-3-4-6-18(16)15-27-24(28)23(34-25(27)29)14-17-7-12-21(22(13-17)32-2)33-35(30,31)20-10-8-19(26)9-11-20/h3-14H,15H2,1-2H3/b23-14-. The molecule has 1 heterocycles. The zero-order valence-corrected chi connectivity index (χ0v) is 20.4. The van der Waals surface area contributed by atoms with Crippen LogP contribution in [-0.4, -0.2) is 31.6 Å². The minimum absolute atomic E-state index is 0.0818. The predicted octanol–water partition coefficient (Wildman–Crippen LogP) is 5.15. The largest absolute Gasteiger partial charge is 0.493 e. The van der Waals surface area contributed by atoms with Gasteiger partial charge in [-0.15, -0.1) is 0 Å². The van der Waals surface area contributed by atoms with Crippen LogP contribution in [0.15, 0.2) is 76.5 Å². The summed E-state index contributed by atoms with van der Waals surface area (Å²) in [5, 5.41) is -0.373. The predicted molar refractivity (Wildman–Crippen MR) is 130 cm³/mol. The van der Waals surface area contributed by atoms with Crippen molar-refractivity contribution in [1.29, 1.82) is 0 Å². The molecule has 0 bridgehead atoms. The molecule has 0 aliphatic carbocycles. The van der Waals surface area contributed by atoms with E-state index in [9.17, 15) is 22.4 Å². The van der Waals surface area contributed by atoms with Crippen molar-refractivity contribution >= 4 is 39.1 Å². The minimum Gasteiger partial charge on any atom is -0.493 e. The Labute approximate surface area is 206 Å². The van der Waals surface area contributed by atoms with Gasteiger partial charge in [0.2, 0.25) is 0 Å². The maximum Gasteiger partial charge on any atom is 0.339 e. The minimum atomic E-state index is -4.23. The quantitative estimate of drug-likeness (QED) is 0.319. The lowest BCUT2D eigenvalue weighted by molar-refractivity contribution is -0.123. The van der Waals surface area contributed by atoms with Crippen LogP contribution in [0, 0.1) is 12.7 Å². The zero-order chi connectivity index (χ0) is 25.2. The smallest absolute Gasteiger partial charge is 0.339 e. The fourth-order valence-electron chi connectivity index (χ4n) is 3.36. The van der Waals surface area contributed by atoms with Crippen LogP contribution < -0.4 is 8.92 Å². The molecule has 7 nitrogen and oxygen atoms in total. The highest BCUT2D eigenvalue weighted by molar-refractivity contribution is 8.18. The zero-order valence-electron chi connectivity index (χ0n) is 18.7. The van der Waals surface area contributed by atoms with Gasteiger partial charge in [-0.2, -0.15) is 8.42 Å². The number of ether oxygens (including phenoxy) is 1. The Hall–Kier alpha value is -3.63. The van der Waals surface area contributed by atoms with Crippen molar-refractivity contribution in [3.63, 3.8) is 0 Å². The van der Waals surface area contributed by atoms with Crippen LogP contribution in [0.3, 0.4) is 0 Å². The van der Waals surface area contributed by atoms with Gasteiger partial charge in [0.1, 0.15) is 10.7 Å². The van der Waals surface area contributed by atoms with E-state index in [2.05, 4.69) is 0 Å². The van der Waals surface area contributed by atoms with E-state index in [0.717, 1.165) is 47.2 Å². The Kier molecular flexibility index (Phi) is 6.95. The van der Waals surface area contributed by atoms with Crippen LogP contribution in [0.25, 0.3) is 6.08 Å². The molecule has 2 amide bonds. The van der Waals surface area contributed by atoms with E-state index >= 15 is 0 Å². The molecule has 1 saturated heterocycles. The Balaban J connectivity index is 1.55. The monoisotopic (exact) mass is 513 g/mol. The summed E-state index contributed by atoms with van der Waals surface area (Å²) in [7, 11) is -2.89. The van der Waals surface area contributed by atoms with E-state index in [1.807, 2.05) is 31.2 Å². The van der Waals surface area contributed by atoms with Gasteiger partial charge in [-0.1, -0.05) is 30.3 Å². The molecule has 10 heteroatoms. The lowest BCUT2D eigenvalue weighted by Gasteiger charge is -2.14. The highest BCUT2D eigenvalue weighted by Crippen LogP contribution is 2.36. The van der Waals surface area contributed by atoms with E-state index < -0.39 is 21.8 Å². The first kappa shape index (κ1) is 24.5. The highest BCUT2D eigenvalue weighted by atomic mass is 32.2. The van der Waals surface area contributed by atoms with E-state index in [1.165, 1.54) is 36.3 Å². The number of nitrogens with zero attached hydrogens (tertiary/aromatic N) is 1. The molecule has 4 rings (SSSR count). The van der Waals surface area contributed by atoms with Crippen molar-refractivity contribution < 1.29 is 31.3 Å². The normalized spacial score (nSPS) is 15.1. The SMILES string of the molecule is COc1cc(/C=C2\SC(=O)N(Cc3ccccc3C)C2=O)ccc1OS(=O)(=O)c1ccc(F)cc1. The molecular formula is C25H20FNO6S2. The molecule has 0 radical (unpaired) electrons. The lowest BCUT2D eigenvalue weighted by atomic mass is 10.1. The fraction of sp³-hybridized carbons (Fsp3) is 0.120. The van der Waals surface area contributed by atoms with Crippen molar-refractivity contribution in [1.82, 2.24) is 4.90 Å². The van der Waals surface area contributed by atoms with E-state index in [-0.39, 0.29) is 33.1 Å². The van der Waals surface area contributed by atoms with Gasteiger partial charge in [-0.3, -0.25) is 14.5 Å². The topological polar surface area (TPSA) is 90.0 Å². The van der Waals surface area contributed by atoms with Crippen molar-refractivity contribution in [3.8, 4) is 11.5 Å². The number of halogens is 1. The number of rotatable bonds is 7. The molecule has 3 aromatic carbocycles. The molecule has 0 atom stereocenters. The van der Waals surface area contributed by atoms with Crippen LogP contribution >= 0.6 is 11.8 Å². The fourth-order valence-corrected chi connectivity index (χ4v) is 5.13. The third kappa shape index (κ3) is 5.39. The Bertz CT molecular complexity index is 1430. The lowest BCUT2D eigenvalue weighted by Crippen LogP contribution is -2.27. The van der Waals surface area contributed by atoms with Gasteiger partial charge in [0.15, 0.2) is 11.5 Å². The summed E-state index contributed by atoms with van der Waals surface area (Å²) < 4.78 is 48.6. The summed E-state index contributed by atoms with van der Waals surface area (Å²) in [6, 6.07) is 16.1. The van der Waals surface area contributed by atoms with Crippen molar-refractivity contribution in [2.24, 2.45) is 0 Å². The molecule has 0 spiro atoms. The maximum atomic E-state index is 13.1. The number of thioether (sulfide) groups is 1. The third-order valence-electron chi connectivity index (χ3n) is 5.25. The van der Waals surface area contributed by atoms with Crippen LogP contribution in [-0.2, 0) is 21.5 Å². The number of imide groups is 1. The Morgan fingerprint density at radius 3 is 2.40 bits per heavy atom. The highest BCUT2D eigenvalue weighted by Gasteiger charge is 2.35. The molecule has 0 N–H and O–H groups in total. The van der Waals surface area contributed by atoms with Gasteiger partial charge in [0.25, 0.3) is 11.1 Å². The maximum absolute atomic E-state index is 13.1. The van der Waals surface area contributed by atoms with Gasteiger partial charge >= 0.3 is 10.1 Å². The molecule has 1 aliphatic rings. The first-order valence-electron chi connectivity index (χ1n) is 10.4. The number of aryl methyl sites for hydroxylation is 1. The van der Waals surface area contributed by atoms with Gasteiger partial charge in [-0.05, 0) is 77.9 Å². The average Bonchev–Trinajstić information content (AvgIpc) is 3.08. The van der Waals surface area contributed by atoms with Crippen LogP contribution in [0.4, 0.5) is 9.18 Å². The summed E-state index contributed by atoms with van der Waals surface area (Å²) in [4.78, 5) is 26.6. The molecule has 1 aliphatic heterocycles.